The second-order valence-corrected chi connectivity index (χ2v) is 10.0. The number of hydrogen-bond acceptors (Lipinski definition) is 6. The number of benzene rings is 2. The third-order valence-corrected chi connectivity index (χ3v) is 6.56. The average Bonchev–Trinajstić information content (AvgIpc) is 2.82. The van der Waals surface area contributed by atoms with Crippen molar-refractivity contribution in [1.82, 2.24) is 10.2 Å². The van der Waals surface area contributed by atoms with Crippen LogP contribution in [0, 0.1) is 10.1 Å². The topological polar surface area (TPSA) is 130 Å². The molecule has 2 aromatic carbocycles. The van der Waals surface area contributed by atoms with Crippen molar-refractivity contribution in [2.24, 2.45) is 0 Å². The number of non-ortho nitro benzene ring substituents is 1. The molecule has 2 rings (SSSR count). The Morgan fingerprint density at radius 1 is 1.09 bits per heavy atom. The summed E-state index contributed by atoms with van der Waals surface area (Å²) in [5.41, 5.74) is 0.476. The summed E-state index contributed by atoms with van der Waals surface area (Å²) < 4.78 is 26.0. The molecule has 0 spiro atoms. The lowest BCUT2D eigenvalue weighted by Crippen LogP contribution is -2.52. The summed E-state index contributed by atoms with van der Waals surface area (Å²) in [6.45, 7) is 3.76. The molecule has 0 radical (unpaired) electrons. The number of anilines is 1. The first-order chi connectivity index (χ1) is 16.6. The van der Waals surface area contributed by atoms with E-state index in [1.54, 1.807) is 6.92 Å². The van der Waals surface area contributed by atoms with E-state index in [1.807, 2.05) is 37.3 Å². The summed E-state index contributed by atoms with van der Waals surface area (Å²) in [6, 6.07) is 13.4. The molecule has 2 amide bonds. The summed E-state index contributed by atoms with van der Waals surface area (Å²) in [5.74, 6) is -0.908. The number of carbonyl (C=O) groups is 2. The van der Waals surface area contributed by atoms with Gasteiger partial charge in [0, 0.05) is 25.2 Å². The minimum absolute atomic E-state index is 0.00448. The molecule has 190 valence electrons. The zero-order valence-corrected chi connectivity index (χ0v) is 21.0. The van der Waals surface area contributed by atoms with Crippen molar-refractivity contribution in [3.05, 3.63) is 70.3 Å². The Balaban J connectivity index is 2.41. The number of nitrogens with one attached hydrogen (secondary N) is 1. The van der Waals surface area contributed by atoms with Crippen LogP contribution < -0.4 is 9.62 Å². The molecule has 0 aliphatic carbocycles. The standard InChI is InChI=1S/C24H32N4O6S/c1-4-6-15-25-24(30)22(5-2)26(17-19-11-8-7-9-12-19)23(29)18-27(35(3,33)34)20-13-10-14-21(16-20)28(31)32/h7-14,16,22H,4-6,15,17-18H2,1-3H3,(H,25,30)/t22-/m1/s1. The number of carbonyl (C=O) groups excluding carboxylic acids is 2. The minimum Gasteiger partial charge on any atom is -0.354 e. The number of rotatable bonds is 13. The van der Waals surface area contributed by atoms with E-state index < -0.39 is 33.4 Å². The highest BCUT2D eigenvalue weighted by molar-refractivity contribution is 7.92. The number of sulfonamides is 1. The molecule has 1 atom stereocenters. The fourth-order valence-corrected chi connectivity index (χ4v) is 4.42. The number of amides is 2. The van der Waals surface area contributed by atoms with Gasteiger partial charge >= 0.3 is 0 Å². The predicted molar refractivity (Wildman–Crippen MR) is 134 cm³/mol. The van der Waals surface area contributed by atoms with Gasteiger partial charge in [-0.15, -0.1) is 0 Å². The van der Waals surface area contributed by atoms with E-state index in [4.69, 9.17) is 0 Å². The lowest BCUT2D eigenvalue weighted by Gasteiger charge is -2.32. The van der Waals surface area contributed by atoms with Gasteiger partial charge in [0.2, 0.25) is 21.8 Å². The van der Waals surface area contributed by atoms with Crippen LogP contribution >= 0.6 is 0 Å². The van der Waals surface area contributed by atoms with Gasteiger partial charge in [0.15, 0.2) is 0 Å². The maximum Gasteiger partial charge on any atom is 0.271 e. The van der Waals surface area contributed by atoms with Crippen molar-refractivity contribution >= 4 is 33.2 Å². The van der Waals surface area contributed by atoms with Crippen molar-refractivity contribution in [2.75, 3.05) is 23.7 Å². The number of unbranched alkanes of at least 4 members (excludes halogenated alkanes) is 1. The SMILES string of the molecule is CCCCNC(=O)[C@@H](CC)N(Cc1ccccc1)C(=O)CN(c1cccc([N+](=O)[O-])c1)S(C)(=O)=O. The molecule has 10 nitrogen and oxygen atoms in total. The first-order valence-electron chi connectivity index (χ1n) is 11.4. The maximum atomic E-state index is 13.5. The van der Waals surface area contributed by atoms with E-state index in [2.05, 4.69) is 5.32 Å². The van der Waals surface area contributed by atoms with Crippen molar-refractivity contribution in [3.8, 4) is 0 Å². The summed E-state index contributed by atoms with van der Waals surface area (Å²) in [6.07, 6.45) is 2.95. The summed E-state index contributed by atoms with van der Waals surface area (Å²) in [5, 5.41) is 14.0. The van der Waals surface area contributed by atoms with Crippen LogP contribution in [0.5, 0.6) is 0 Å². The normalized spacial score (nSPS) is 12.0. The van der Waals surface area contributed by atoms with Crippen molar-refractivity contribution in [2.45, 2.75) is 45.7 Å². The molecule has 0 aromatic heterocycles. The molecular weight excluding hydrogens is 472 g/mol. The molecule has 0 unspecified atom stereocenters. The molecule has 0 saturated heterocycles. The lowest BCUT2D eigenvalue weighted by molar-refractivity contribution is -0.384. The predicted octanol–water partition coefficient (Wildman–Crippen LogP) is 3.08. The first kappa shape index (κ1) is 27.8. The molecule has 0 aliphatic rings. The molecule has 0 fully saturated rings. The molecule has 0 saturated carbocycles. The molecular formula is C24H32N4O6S. The Labute approximate surface area is 206 Å². The van der Waals surface area contributed by atoms with Crippen LogP contribution in [-0.4, -0.2) is 55.4 Å². The fraction of sp³-hybridized carbons (Fsp3) is 0.417. The van der Waals surface area contributed by atoms with E-state index in [0.29, 0.717) is 13.0 Å². The Hall–Kier alpha value is -3.47. The van der Waals surface area contributed by atoms with Crippen LogP contribution in [0.1, 0.15) is 38.7 Å². The van der Waals surface area contributed by atoms with Gasteiger partial charge in [-0.2, -0.15) is 0 Å². The van der Waals surface area contributed by atoms with E-state index in [1.165, 1.54) is 23.1 Å². The van der Waals surface area contributed by atoms with Crippen LogP contribution in [0.2, 0.25) is 0 Å². The smallest absolute Gasteiger partial charge is 0.271 e. The van der Waals surface area contributed by atoms with Gasteiger partial charge in [-0.3, -0.25) is 24.0 Å². The highest BCUT2D eigenvalue weighted by atomic mass is 32.2. The zero-order valence-electron chi connectivity index (χ0n) is 20.2. The third kappa shape index (κ3) is 8.06. The van der Waals surface area contributed by atoms with Gasteiger partial charge in [-0.1, -0.05) is 56.7 Å². The molecule has 2 aromatic rings. The molecule has 1 N–H and O–H groups in total. The van der Waals surface area contributed by atoms with E-state index in [-0.39, 0.29) is 23.8 Å². The highest BCUT2D eigenvalue weighted by Gasteiger charge is 2.32. The van der Waals surface area contributed by atoms with Crippen LogP contribution in [0.25, 0.3) is 0 Å². The number of nitrogens with zero attached hydrogens (tertiary/aromatic N) is 3. The van der Waals surface area contributed by atoms with Gasteiger partial charge < -0.3 is 10.2 Å². The molecule has 11 heteroatoms. The molecule has 0 bridgehead atoms. The summed E-state index contributed by atoms with van der Waals surface area (Å²) >= 11 is 0. The quantitative estimate of drug-likeness (QED) is 0.253. The lowest BCUT2D eigenvalue weighted by atomic mass is 10.1. The van der Waals surface area contributed by atoms with Gasteiger partial charge in [-0.05, 0) is 24.5 Å². The van der Waals surface area contributed by atoms with Gasteiger partial charge in [-0.25, -0.2) is 8.42 Å². The molecule has 35 heavy (non-hydrogen) atoms. The van der Waals surface area contributed by atoms with Gasteiger partial charge in [0.25, 0.3) is 5.69 Å². The average molecular weight is 505 g/mol. The van der Waals surface area contributed by atoms with E-state index >= 15 is 0 Å². The van der Waals surface area contributed by atoms with Crippen molar-refractivity contribution in [3.63, 3.8) is 0 Å². The van der Waals surface area contributed by atoms with Crippen LogP contribution in [0.3, 0.4) is 0 Å². The second-order valence-electron chi connectivity index (χ2n) is 8.12. The van der Waals surface area contributed by atoms with Crippen LogP contribution in [0.4, 0.5) is 11.4 Å². The number of hydrogen-bond donors (Lipinski definition) is 1. The minimum atomic E-state index is -3.97. The molecule has 0 heterocycles. The van der Waals surface area contributed by atoms with Crippen molar-refractivity contribution < 1.29 is 22.9 Å². The van der Waals surface area contributed by atoms with E-state index in [0.717, 1.165) is 35.0 Å². The van der Waals surface area contributed by atoms with Crippen molar-refractivity contribution in [1.29, 1.82) is 0 Å². The Morgan fingerprint density at radius 3 is 2.34 bits per heavy atom. The summed E-state index contributed by atoms with van der Waals surface area (Å²) in [7, 11) is -3.97. The fourth-order valence-electron chi connectivity index (χ4n) is 3.58. The molecule has 0 aliphatic heterocycles. The van der Waals surface area contributed by atoms with E-state index in [9.17, 15) is 28.1 Å². The third-order valence-electron chi connectivity index (χ3n) is 5.42. The first-order valence-corrected chi connectivity index (χ1v) is 13.3. The zero-order chi connectivity index (χ0) is 26.0. The monoisotopic (exact) mass is 504 g/mol. The van der Waals surface area contributed by atoms with Crippen LogP contribution in [0.15, 0.2) is 54.6 Å². The number of nitro groups is 1. The Bertz CT molecular complexity index is 1120. The highest BCUT2D eigenvalue weighted by Crippen LogP contribution is 2.24. The van der Waals surface area contributed by atoms with Crippen LogP contribution in [-0.2, 0) is 26.2 Å². The van der Waals surface area contributed by atoms with Gasteiger partial charge in [0.05, 0.1) is 16.9 Å². The Morgan fingerprint density at radius 2 is 1.77 bits per heavy atom. The Kier molecular flexibility index (Phi) is 10.2. The number of nitro benzene ring substituents is 1. The summed E-state index contributed by atoms with van der Waals surface area (Å²) in [4.78, 5) is 38.4. The second kappa shape index (κ2) is 12.8. The van der Waals surface area contributed by atoms with Gasteiger partial charge in [0.1, 0.15) is 12.6 Å². The maximum absolute atomic E-state index is 13.5. The largest absolute Gasteiger partial charge is 0.354 e.